The molecule has 0 bridgehead atoms. The van der Waals surface area contributed by atoms with Gasteiger partial charge in [0.05, 0.1) is 0 Å². The molecule has 1 unspecified atom stereocenters. The van der Waals surface area contributed by atoms with E-state index in [0.717, 1.165) is 19.5 Å². The highest BCUT2D eigenvalue weighted by molar-refractivity contribution is 5.60. The fourth-order valence-electron chi connectivity index (χ4n) is 2.49. The van der Waals surface area contributed by atoms with E-state index in [-0.39, 0.29) is 0 Å². The molecule has 0 aromatic rings. The van der Waals surface area contributed by atoms with Gasteiger partial charge in [0.1, 0.15) is 0 Å². The smallest absolute Gasteiger partial charge is 0.0472 e. The lowest BCUT2D eigenvalue weighted by Crippen LogP contribution is -2.36. The van der Waals surface area contributed by atoms with Gasteiger partial charge in [-0.3, -0.25) is 9.91 Å². The van der Waals surface area contributed by atoms with E-state index in [0.29, 0.717) is 17.9 Å². The van der Waals surface area contributed by atoms with Crippen LogP contribution in [0, 0.1) is 11.8 Å². The maximum absolute atomic E-state index is 4.55. The van der Waals surface area contributed by atoms with Gasteiger partial charge >= 0.3 is 0 Å². The van der Waals surface area contributed by atoms with Gasteiger partial charge in [-0.1, -0.05) is 33.8 Å². The van der Waals surface area contributed by atoms with Gasteiger partial charge in [0.25, 0.3) is 0 Å². The standard InChI is InChI=1S/C14H25N3.C2H6/c1-11(2)13-8-16(12(3)4)10-14-6-5-7-15-17(14)9-13;1-2/h6-7,11-13H,5,8-10H2,1-4H3;1-2H3. The van der Waals surface area contributed by atoms with E-state index in [2.05, 4.69) is 48.8 Å². The van der Waals surface area contributed by atoms with Gasteiger partial charge in [-0.15, -0.1) is 0 Å². The second-order valence-corrected chi connectivity index (χ2v) is 5.84. The van der Waals surface area contributed by atoms with Crippen molar-refractivity contribution >= 4 is 6.21 Å². The van der Waals surface area contributed by atoms with Gasteiger partial charge in [0.15, 0.2) is 0 Å². The van der Waals surface area contributed by atoms with Crippen LogP contribution in [0.3, 0.4) is 0 Å². The highest BCUT2D eigenvalue weighted by Crippen LogP contribution is 2.25. The molecule has 2 rings (SSSR count). The van der Waals surface area contributed by atoms with Crippen LogP contribution in [0.25, 0.3) is 0 Å². The lowest BCUT2D eigenvalue weighted by Gasteiger charge is -2.28. The van der Waals surface area contributed by atoms with Gasteiger partial charge in [0.2, 0.25) is 0 Å². The quantitative estimate of drug-likeness (QED) is 0.760. The highest BCUT2D eigenvalue weighted by atomic mass is 15.5. The van der Waals surface area contributed by atoms with Crippen LogP contribution in [-0.2, 0) is 0 Å². The third-order valence-electron chi connectivity index (χ3n) is 3.93. The molecular weight excluding hydrogens is 234 g/mol. The second-order valence-electron chi connectivity index (χ2n) is 5.84. The van der Waals surface area contributed by atoms with Gasteiger partial charge in [-0.2, -0.15) is 5.10 Å². The molecule has 0 N–H and O–H groups in total. The topological polar surface area (TPSA) is 18.8 Å². The fraction of sp³-hybridized carbons (Fsp3) is 0.812. The summed E-state index contributed by atoms with van der Waals surface area (Å²) < 4.78 is 0. The summed E-state index contributed by atoms with van der Waals surface area (Å²) in [5.41, 5.74) is 1.39. The number of hydrogen-bond acceptors (Lipinski definition) is 3. The van der Waals surface area contributed by atoms with Gasteiger partial charge in [-0.25, -0.2) is 0 Å². The highest BCUT2D eigenvalue weighted by Gasteiger charge is 2.28. The Morgan fingerprint density at radius 2 is 1.84 bits per heavy atom. The number of allylic oxidation sites excluding steroid dienone is 1. The fourth-order valence-corrected chi connectivity index (χ4v) is 2.49. The zero-order chi connectivity index (χ0) is 14.4. The van der Waals surface area contributed by atoms with Crippen molar-refractivity contribution in [2.75, 3.05) is 19.6 Å². The van der Waals surface area contributed by atoms with E-state index in [1.54, 1.807) is 0 Å². The number of rotatable bonds is 2. The molecule has 110 valence electrons. The summed E-state index contributed by atoms with van der Waals surface area (Å²) in [6.45, 7) is 16.6. The first-order chi connectivity index (χ1) is 9.08. The van der Waals surface area contributed by atoms with Crippen LogP contribution in [0.1, 0.15) is 48.0 Å². The average molecular weight is 265 g/mol. The molecule has 19 heavy (non-hydrogen) atoms. The Morgan fingerprint density at radius 1 is 1.16 bits per heavy atom. The first-order valence-corrected chi connectivity index (χ1v) is 7.81. The monoisotopic (exact) mass is 265 g/mol. The number of hydrazone groups is 1. The largest absolute Gasteiger partial charge is 0.295 e. The Morgan fingerprint density at radius 3 is 2.42 bits per heavy atom. The van der Waals surface area contributed by atoms with E-state index in [1.165, 1.54) is 12.2 Å². The molecule has 2 heterocycles. The molecule has 0 aromatic heterocycles. The third-order valence-corrected chi connectivity index (χ3v) is 3.93. The minimum absolute atomic E-state index is 0.614. The van der Waals surface area contributed by atoms with E-state index in [1.807, 2.05) is 20.1 Å². The normalized spacial score (nSPS) is 23.7. The van der Waals surface area contributed by atoms with Crippen LogP contribution < -0.4 is 0 Å². The average Bonchev–Trinajstić information content (AvgIpc) is 2.60. The zero-order valence-corrected chi connectivity index (χ0v) is 13.6. The minimum Gasteiger partial charge on any atom is -0.295 e. The van der Waals surface area contributed by atoms with Crippen LogP contribution >= 0.6 is 0 Å². The lowest BCUT2D eigenvalue weighted by atomic mass is 9.95. The Hall–Kier alpha value is -0.830. The molecule has 1 fully saturated rings. The molecule has 0 aliphatic carbocycles. The van der Waals surface area contributed by atoms with Crippen LogP contribution in [0.2, 0.25) is 0 Å². The van der Waals surface area contributed by atoms with E-state index in [9.17, 15) is 0 Å². The summed E-state index contributed by atoms with van der Waals surface area (Å²) in [5.74, 6) is 1.42. The van der Waals surface area contributed by atoms with Crippen molar-refractivity contribution in [2.45, 2.75) is 54.0 Å². The van der Waals surface area contributed by atoms with Crippen LogP contribution in [-0.4, -0.2) is 41.8 Å². The van der Waals surface area contributed by atoms with E-state index < -0.39 is 0 Å². The zero-order valence-electron chi connectivity index (χ0n) is 13.6. The van der Waals surface area contributed by atoms with Crippen molar-refractivity contribution in [1.82, 2.24) is 9.91 Å². The molecule has 0 aromatic carbocycles. The van der Waals surface area contributed by atoms with Crippen molar-refractivity contribution in [3.63, 3.8) is 0 Å². The molecular formula is C16H31N3. The Bertz CT molecular complexity index is 318. The Kier molecular flexibility index (Phi) is 6.56. The first-order valence-electron chi connectivity index (χ1n) is 7.81. The second kappa shape index (κ2) is 7.68. The molecule has 1 atom stereocenters. The summed E-state index contributed by atoms with van der Waals surface area (Å²) in [6.07, 6.45) is 5.33. The number of nitrogens with zero attached hydrogens (tertiary/aromatic N) is 3. The molecule has 2 aliphatic heterocycles. The van der Waals surface area contributed by atoms with Crippen LogP contribution in [0.4, 0.5) is 0 Å². The van der Waals surface area contributed by atoms with E-state index in [4.69, 9.17) is 0 Å². The first kappa shape index (κ1) is 16.2. The Labute approximate surface area is 119 Å². The molecule has 0 radical (unpaired) electrons. The Balaban J connectivity index is 0.000000861. The van der Waals surface area contributed by atoms with Crippen molar-refractivity contribution in [1.29, 1.82) is 0 Å². The SMILES string of the molecule is CC.CC(C)C1CN2N=CCC=C2CN(C(C)C)C1. The predicted molar refractivity (Wildman–Crippen MR) is 84.3 cm³/mol. The lowest BCUT2D eigenvalue weighted by molar-refractivity contribution is 0.188. The summed E-state index contributed by atoms with van der Waals surface area (Å²) in [5, 5.41) is 6.77. The van der Waals surface area contributed by atoms with Crippen LogP contribution in [0.5, 0.6) is 0 Å². The van der Waals surface area contributed by atoms with Crippen molar-refractivity contribution in [2.24, 2.45) is 16.9 Å². The van der Waals surface area contributed by atoms with Gasteiger partial charge < -0.3 is 0 Å². The molecule has 0 spiro atoms. The molecule has 0 amide bonds. The number of hydrogen-bond donors (Lipinski definition) is 0. The number of fused-ring (bicyclic) bond motifs is 1. The third kappa shape index (κ3) is 4.34. The van der Waals surface area contributed by atoms with Gasteiger partial charge in [0, 0.05) is 44.0 Å². The maximum atomic E-state index is 4.55. The molecule has 3 nitrogen and oxygen atoms in total. The minimum atomic E-state index is 0.614. The maximum Gasteiger partial charge on any atom is 0.0472 e. The summed E-state index contributed by atoms with van der Waals surface area (Å²) >= 11 is 0. The van der Waals surface area contributed by atoms with Crippen molar-refractivity contribution in [3.05, 3.63) is 11.8 Å². The van der Waals surface area contributed by atoms with Gasteiger partial charge in [-0.05, 0) is 25.7 Å². The van der Waals surface area contributed by atoms with Crippen LogP contribution in [0.15, 0.2) is 16.9 Å². The molecule has 3 heteroatoms. The molecule has 1 saturated heterocycles. The van der Waals surface area contributed by atoms with E-state index >= 15 is 0 Å². The molecule has 2 aliphatic rings. The van der Waals surface area contributed by atoms with Crippen molar-refractivity contribution < 1.29 is 0 Å². The summed E-state index contributed by atoms with van der Waals surface area (Å²) in [7, 11) is 0. The predicted octanol–water partition coefficient (Wildman–Crippen LogP) is 3.58. The summed E-state index contributed by atoms with van der Waals surface area (Å²) in [4.78, 5) is 2.58. The summed E-state index contributed by atoms with van der Waals surface area (Å²) in [6, 6.07) is 0.614. The van der Waals surface area contributed by atoms with Crippen molar-refractivity contribution in [3.8, 4) is 0 Å². The molecule has 0 saturated carbocycles.